The van der Waals surface area contributed by atoms with Gasteiger partial charge >= 0.3 is 0 Å². The van der Waals surface area contributed by atoms with Crippen LogP contribution in [0.3, 0.4) is 0 Å². The number of aromatic amines is 1. The van der Waals surface area contributed by atoms with E-state index >= 15 is 0 Å². The van der Waals surface area contributed by atoms with Crippen molar-refractivity contribution in [1.29, 1.82) is 0 Å². The molecule has 0 aliphatic heterocycles. The molecule has 0 saturated carbocycles. The van der Waals surface area contributed by atoms with Crippen LogP contribution in [0.4, 0.5) is 0 Å². The molecule has 1 aromatic heterocycles. The van der Waals surface area contributed by atoms with E-state index in [2.05, 4.69) is 14.9 Å². The van der Waals surface area contributed by atoms with Crippen LogP contribution in [0.1, 0.15) is 17.1 Å². The fraction of sp³-hybridized carbons (Fsp3) is 0.412. The number of methoxy groups -OCH3 is 2. The Labute approximate surface area is 136 Å². The van der Waals surface area contributed by atoms with Gasteiger partial charge in [0.15, 0.2) is 11.5 Å². The molecular formula is C17H23N3O3. The number of benzene rings is 1. The molecule has 0 fully saturated rings. The molecule has 1 aromatic carbocycles. The second-order valence-electron chi connectivity index (χ2n) is 5.50. The van der Waals surface area contributed by atoms with Crippen LogP contribution < -0.4 is 15.0 Å². The highest BCUT2D eigenvalue weighted by Gasteiger charge is 2.07. The smallest absolute Gasteiger partial charge is 0.251 e. The first-order valence-electron chi connectivity index (χ1n) is 7.48. The van der Waals surface area contributed by atoms with Crippen molar-refractivity contribution < 1.29 is 9.47 Å². The maximum Gasteiger partial charge on any atom is 0.251 e. The van der Waals surface area contributed by atoms with Crippen LogP contribution in [-0.4, -0.2) is 42.7 Å². The largest absolute Gasteiger partial charge is 0.493 e. The molecule has 1 N–H and O–H groups in total. The summed E-state index contributed by atoms with van der Waals surface area (Å²) in [6, 6.07) is 7.48. The first-order valence-corrected chi connectivity index (χ1v) is 7.48. The summed E-state index contributed by atoms with van der Waals surface area (Å²) in [6.45, 7) is 3.27. The minimum absolute atomic E-state index is 0.110. The highest BCUT2D eigenvalue weighted by molar-refractivity contribution is 5.42. The molecule has 0 aliphatic rings. The molecule has 0 bridgehead atoms. The average molecular weight is 317 g/mol. The number of hydrogen-bond donors (Lipinski definition) is 1. The third kappa shape index (κ3) is 4.82. The molecule has 0 unspecified atom stereocenters. The zero-order valence-electron chi connectivity index (χ0n) is 14.0. The van der Waals surface area contributed by atoms with Crippen molar-refractivity contribution in [1.82, 2.24) is 14.9 Å². The Morgan fingerprint density at radius 2 is 1.91 bits per heavy atom. The van der Waals surface area contributed by atoms with E-state index in [1.807, 2.05) is 25.2 Å². The summed E-state index contributed by atoms with van der Waals surface area (Å²) in [5.74, 6) is 2.10. The Hall–Kier alpha value is -2.34. The fourth-order valence-corrected chi connectivity index (χ4v) is 2.43. The Bertz CT molecular complexity index is 712. The van der Waals surface area contributed by atoms with Gasteiger partial charge < -0.3 is 19.4 Å². The summed E-state index contributed by atoms with van der Waals surface area (Å²) in [5, 5.41) is 0. The van der Waals surface area contributed by atoms with Crippen LogP contribution in [0, 0.1) is 6.92 Å². The standard InChI is InChI=1S/C17H23N3O3/c1-12-18-14(10-17(21)19-12)11-20(2)8-7-13-5-6-15(22-3)16(9-13)23-4/h5-6,9-10H,7-8,11H2,1-4H3,(H,18,19,21). The number of aromatic nitrogens is 2. The Kier molecular flexibility index (Phi) is 5.76. The molecule has 0 atom stereocenters. The molecule has 6 heteroatoms. The van der Waals surface area contributed by atoms with E-state index in [0.717, 1.165) is 30.2 Å². The second-order valence-corrected chi connectivity index (χ2v) is 5.50. The maximum atomic E-state index is 11.5. The number of aryl methyl sites for hydroxylation is 1. The van der Waals surface area contributed by atoms with Crippen molar-refractivity contribution in [2.24, 2.45) is 0 Å². The second kappa shape index (κ2) is 7.78. The molecule has 1 heterocycles. The summed E-state index contributed by atoms with van der Waals surface area (Å²) >= 11 is 0. The van der Waals surface area contributed by atoms with Crippen molar-refractivity contribution in [3.63, 3.8) is 0 Å². The average Bonchev–Trinajstić information content (AvgIpc) is 2.51. The first-order chi connectivity index (χ1) is 11.0. The van der Waals surface area contributed by atoms with Gasteiger partial charge in [0.1, 0.15) is 5.82 Å². The predicted molar refractivity (Wildman–Crippen MR) is 89.2 cm³/mol. The number of rotatable bonds is 7. The van der Waals surface area contributed by atoms with Gasteiger partial charge in [0.25, 0.3) is 5.56 Å². The van der Waals surface area contributed by atoms with E-state index in [9.17, 15) is 4.79 Å². The van der Waals surface area contributed by atoms with E-state index in [1.165, 1.54) is 5.56 Å². The zero-order valence-corrected chi connectivity index (χ0v) is 14.0. The lowest BCUT2D eigenvalue weighted by molar-refractivity contribution is 0.325. The quantitative estimate of drug-likeness (QED) is 0.843. The number of hydrogen-bond acceptors (Lipinski definition) is 5. The highest BCUT2D eigenvalue weighted by Crippen LogP contribution is 2.27. The van der Waals surface area contributed by atoms with Gasteiger partial charge in [-0.15, -0.1) is 0 Å². The number of nitrogens with zero attached hydrogens (tertiary/aromatic N) is 2. The number of nitrogens with one attached hydrogen (secondary N) is 1. The Balaban J connectivity index is 1.96. The van der Waals surface area contributed by atoms with Crippen molar-refractivity contribution >= 4 is 0 Å². The molecule has 124 valence electrons. The van der Waals surface area contributed by atoms with E-state index < -0.39 is 0 Å². The van der Waals surface area contributed by atoms with Gasteiger partial charge in [-0.3, -0.25) is 4.79 Å². The van der Waals surface area contributed by atoms with Crippen molar-refractivity contribution in [3.05, 3.63) is 51.7 Å². The van der Waals surface area contributed by atoms with E-state index in [-0.39, 0.29) is 5.56 Å². The molecule has 0 aliphatic carbocycles. The van der Waals surface area contributed by atoms with Crippen LogP contribution in [0.5, 0.6) is 11.5 Å². The van der Waals surface area contributed by atoms with Gasteiger partial charge in [0, 0.05) is 19.2 Å². The monoisotopic (exact) mass is 317 g/mol. The summed E-state index contributed by atoms with van der Waals surface area (Å²) in [4.78, 5) is 20.6. The maximum absolute atomic E-state index is 11.5. The zero-order chi connectivity index (χ0) is 16.8. The van der Waals surface area contributed by atoms with E-state index in [1.54, 1.807) is 27.2 Å². The fourth-order valence-electron chi connectivity index (χ4n) is 2.43. The van der Waals surface area contributed by atoms with Gasteiger partial charge in [-0.25, -0.2) is 4.98 Å². The summed E-state index contributed by atoms with van der Waals surface area (Å²) in [5.41, 5.74) is 1.84. The predicted octanol–water partition coefficient (Wildman–Crippen LogP) is 1.77. The molecule has 2 rings (SSSR count). The Morgan fingerprint density at radius 1 is 1.17 bits per heavy atom. The lowest BCUT2D eigenvalue weighted by atomic mass is 10.1. The van der Waals surface area contributed by atoms with Crippen molar-refractivity contribution in [2.45, 2.75) is 19.9 Å². The molecule has 0 radical (unpaired) electrons. The van der Waals surface area contributed by atoms with Gasteiger partial charge in [0.05, 0.1) is 19.9 Å². The number of H-pyrrole nitrogens is 1. The molecule has 0 saturated heterocycles. The van der Waals surface area contributed by atoms with Crippen LogP contribution in [0.25, 0.3) is 0 Å². The number of ether oxygens (including phenoxy) is 2. The summed E-state index contributed by atoms with van der Waals surface area (Å²) in [7, 11) is 5.27. The summed E-state index contributed by atoms with van der Waals surface area (Å²) < 4.78 is 10.6. The molecule has 6 nitrogen and oxygen atoms in total. The van der Waals surface area contributed by atoms with Crippen LogP contribution in [-0.2, 0) is 13.0 Å². The minimum atomic E-state index is -0.110. The summed E-state index contributed by atoms with van der Waals surface area (Å²) in [6.07, 6.45) is 0.874. The normalized spacial score (nSPS) is 10.8. The minimum Gasteiger partial charge on any atom is -0.493 e. The lowest BCUT2D eigenvalue weighted by Crippen LogP contribution is -2.23. The van der Waals surface area contributed by atoms with Crippen LogP contribution in [0.15, 0.2) is 29.1 Å². The van der Waals surface area contributed by atoms with Gasteiger partial charge in [-0.1, -0.05) is 6.07 Å². The van der Waals surface area contributed by atoms with Crippen LogP contribution >= 0.6 is 0 Å². The van der Waals surface area contributed by atoms with Crippen molar-refractivity contribution in [2.75, 3.05) is 27.8 Å². The van der Waals surface area contributed by atoms with Crippen molar-refractivity contribution in [3.8, 4) is 11.5 Å². The SMILES string of the molecule is COc1ccc(CCN(C)Cc2cc(=O)[nH]c(C)n2)cc1OC. The van der Waals surface area contributed by atoms with E-state index in [4.69, 9.17) is 9.47 Å². The van der Waals surface area contributed by atoms with E-state index in [0.29, 0.717) is 12.4 Å². The third-order valence-electron chi connectivity index (χ3n) is 3.58. The highest BCUT2D eigenvalue weighted by atomic mass is 16.5. The molecule has 0 amide bonds. The topological polar surface area (TPSA) is 67.5 Å². The molecule has 2 aromatic rings. The molecular weight excluding hydrogens is 294 g/mol. The molecule has 0 spiro atoms. The Morgan fingerprint density at radius 3 is 2.57 bits per heavy atom. The third-order valence-corrected chi connectivity index (χ3v) is 3.58. The van der Waals surface area contributed by atoms with Gasteiger partial charge in [0.2, 0.25) is 0 Å². The van der Waals surface area contributed by atoms with Gasteiger partial charge in [-0.05, 0) is 38.1 Å². The number of likely N-dealkylation sites (N-methyl/N-ethyl adjacent to an activating group) is 1. The first kappa shape index (κ1) is 17.0. The molecule has 23 heavy (non-hydrogen) atoms. The van der Waals surface area contributed by atoms with Gasteiger partial charge in [-0.2, -0.15) is 0 Å². The van der Waals surface area contributed by atoms with Crippen LogP contribution in [0.2, 0.25) is 0 Å². The lowest BCUT2D eigenvalue weighted by Gasteiger charge is -2.17.